The van der Waals surface area contributed by atoms with Crippen LogP contribution < -0.4 is 10.5 Å². The van der Waals surface area contributed by atoms with Gasteiger partial charge in [0, 0.05) is 36.4 Å². The number of anilines is 1. The number of nitrogens with zero attached hydrogens (tertiary/aromatic N) is 3. The molecule has 0 aliphatic heterocycles. The molecule has 0 aliphatic rings. The Morgan fingerprint density at radius 3 is 2.64 bits per heavy atom. The molecule has 1 aromatic carbocycles. The van der Waals surface area contributed by atoms with Crippen molar-refractivity contribution in [3.63, 3.8) is 0 Å². The summed E-state index contributed by atoms with van der Waals surface area (Å²) in [5.41, 5.74) is 2.27. The van der Waals surface area contributed by atoms with Gasteiger partial charge in [-0.25, -0.2) is 14.8 Å². The van der Waals surface area contributed by atoms with Crippen molar-refractivity contribution < 1.29 is 4.42 Å². The van der Waals surface area contributed by atoms with Crippen molar-refractivity contribution in [3.05, 3.63) is 53.3 Å². The van der Waals surface area contributed by atoms with Gasteiger partial charge in [-0.15, -0.1) is 0 Å². The largest absolute Gasteiger partial charge is 0.422 e. The van der Waals surface area contributed by atoms with Gasteiger partial charge in [-0.1, -0.05) is 0 Å². The predicted molar refractivity (Wildman–Crippen MR) is 87.1 cm³/mol. The lowest BCUT2D eigenvalue weighted by molar-refractivity contribution is 0.563. The average molecular weight is 295 g/mol. The van der Waals surface area contributed by atoms with Crippen molar-refractivity contribution in [3.8, 4) is 11.3 Å². The maximum Gasteiger partial charge on any atom is 0.345 e. The molecule has 0 atom stereocenters. The van der Waals surface area contributed by atoms with Crippen molar-refractivity contribution in [1.82, 2.24) is 9.97 Å². The van der Waals surface area contributed by atoms with Gasteiger partial charge in [-0.3, -0.25) is 0 Å². The minimum Gasteiger partial charge on any atom is -0.422 e. The molecular weight excluding hydrogens is 278 g/mol. The molecule has 0 saturated carbocycles. The Balaban J connectivity index is 2.12. The maximum absolute atomic E-state index is 12.2. The summed E-state index contributed by atoms with van der Waals surface area (Å²) in [7, 11) is 0. The molecular formula is C17H17N3O2. The van der Waals surface area contributed by atoms with Gasteiger partial charge in [-0.05, 0) is 38.1 Å². The van der Waals surface area contributed by atoms with Crippen molar-refractivity contribution >= 4 is 16.7 Å². The molecule has 0 amide bonds. The Morgan fingerprint density at radius 2 is 1.95 bits per heavy atom. The van der Waals surface area contributed by atoms with Gasteiger partial charge in [0.25, 0.3) is 0 Å². The van der Waals surface area contributed by atoms with Gasteiger partial charge in [0.2, 0.25) is 0 Å². The lowest BCUT2D eigenvalue weighted by Crippen LogP contribution is -2.21. The zero-order valence-electron chi connectivity index (χ0n) is 12.6. The highest BCUT2D eigenvalue weighted by Crippen LogP contribution is 2.24. The molecule has 2 heterocycles. The minimum atomic E-state index is -0.386. The third kappa shape index (κ3) is 2.57. The van der Waals surface area contributed by atoms with Crippen LogP contribution in [0.5, 0.6) is 0 Å². The van der Waals surface area contributed by atoms with Gasteiger partial charge in [0.05, 0.1) is 11.3 Å². The van der Waals surface area contributed by atoms with E-state index in [0.717, 1.165) is 24.2 Å². The van der Waals surface area contributed by atoms with Crippen LogP contribution in [0.25, 0.3) is 22.2 Å². The predicted octanol–water partition coefficient (Wildman–Crippen LogP) is 3.10. The average Bonchev–Trinajstić information content (AvgIpc) is 2.56. The highest BCUT2D eigenvalue weighted by Gasteiger charge is 2.10. The van der Waals surface area contributed by atoms with E-state index in [-0.39, 0.29) is 5.63 Å². The summed E-state index contributed by atoms with van der Waals surface area (Å²) in [6.07, 6.45) is 3.03. The van der Waals surface area contributed by atoms with Crippen molar-refractivity contribution in [2.45, 2.75) is 13.8 Å². The van der Waals surface area contributed by atoms with Crippen molar-refractivity contribution in [2.24, 2.45) is 0 Å². The topological polar surface area (TPSA) is 59.2 Å². The number of benzene rings is 1. The van der Waals surface area contributed by atoms with Gasteiger partial charge in [-0.2, -0.15) is 0 Å². The van der Waals surface area contributed by atoms with E-state index in [9.17, 15) is 4.79 Å². The molecule has 3 rings (SSSR count). The van der Waals surface area contributed by atoms with Gasteiger partial charge < -0.3 is 9.32 Å². The number of hydrogen-bond donors (Lipinski definition) is 0. The smallest absolute Gasteiger partial charge is 0.345 e. The molecule has 5 nitrogen and oxygen atoms in total. The summed E-state index contributed by atoms with van der Waals surface area (Å²) in [6.45, 7) is 6.01. The Morgan fingerprint density at radius 1 is 1.14 bits per heavy atom. The summed E-state index contributed by atoms with van der Waals surface area (Å²) >= 11 is 0. The number of fused-ring (bicyclic) bond motifs is 1. The van der Waals surface area contributed by atoms with Crippen LogP contribution in [-0.2, 0) is 0 Å². The lowest BCUT2D eigenvalue weighted by atomic mass is 10.1. The van der Waals surface area contributed by atoms with Crippen LogP contribution in [0.15, 0.2) is 52.1 Å². The molecule has 0 unspecified atom stereocenters. The molecule has 0 aliphatic carbocycles. The van der Waals surface area contributed by atoms with E-state index < -0.39 is 0 Å². The van der Waals surface area contributed by atoms with E-state index in [1.54, 1.807) is 12.3 Å². The fourth-order valence-electron chi connectivity index (χ4n) is 2.51. The second-order valence-electron chi connectivity index (χ2n) is 4.94. The van der Waals surface area contributed by atoms with E-state index in [1.807, 2.05) is 24.3 Å². The number of hydrogen-bond acceptors (Lipinski definition) is 5. The second kappa shape index (κ2) is 5.97. The molecule has 0 bridgehead atoms. The van der Waals surface area contributed by atoms with Gasteiger partial charge >= 0.3 is 5.63 Å². The van der Waals surface area contributed by atoms with E-state index >= 15 is 0 Å². The minimum absolute atomic E-state index is 0.386. The Bertz CT molecular complexity index is 839. The normalized spacial score (nSPS) is 10.8. The fraction of sp³-hybridized carbons (Fsp3) is 0.235. The molecule has 0 saturated heterocycles. The van der Waals surface area contributed by atoms with Crippen LogP contribution in [0.2, 0.25) is 0 Å². The third-order valence-corrected chi connectivity index (χ3v) is 3.71. The first kappa shape index (κ1) is 14.3. The third-order valence-electron chi connectivity index (χ3n) is 3.71. The first-order valence-electron chi connectivity index (χ1n) is 7.32. The molecule has 0 radical (unpaired) electrons. The monoisotopic (exact) mass is 295 g/mol. The van der Waals surface area contributed by atoms with Crippen LogP contribution in [0, 0.1) is 0 Å². The molecule has 3 aromatic rings. The summed E-state index contributed by atoms with van der Waals surface area (Å²) in [6, 6.07) is 9.43. The van der Waals surface area contributed by atoms with Crippen LogP contribution in [0.3, 0.4) is 0 Å². The SMILES string of the molecule is CCN(CC)c1ccc2cc(-c3ccncn3)c(=O)oc2c1. The van der Waals surface area contributed by atoms with E-state index in [2.05, 4.69) is 28.7 Å². The summed E-state index contributed by atoms with van der Waals surface area (Å²) in [5.74, 6) is 0. The molecule has 0 N–H and O–H groups in total. The highest BCUT2D eigenvalue weighted by molar-refractivity contribution is 5.84. The molecule has 2 aromatic heterocycles. The second-order valence-corrected chi connectivity index (χ2v) is 4.94. The zero-order chi connectivity index (χ0) is 15.5. The number of rotatable bonds is 4. The molecule has 0 spiro atoms. The van der Waals surface area contributed by atoms with Crippen LogP contribution >= 0.6 is 0 Å². The zero-order valence-corrected chi connectivity index (χ0v) is 12.6. The van der Waals surface area contributed by atoms with Crippen LogP contribution in [-0.4, -0.2) is 23.1 Å². The first-order chi connectivity index (χ1) is 10.7. The first-order valence-corrected chi connectivity index (χ1v) is 7.32. The summed E-state index contributed by atoms with van der Waals surface area (Å²) in [4.78, 5) is 22.4. The molecule has 5 heteroatoms. The van der Waals surface area contributed by atoms with E-state index in [4.69, 9.17) is 4.42 Å². The summed E-state index contributed by atoms with van der Waals surface area (Å²) < 4.78 is 5.48. The van der Waals surface area contributed by atoms with E-state index in [0.29, 0.717) is 16.8 Å². The molecule has 22 heavy (non-hydrogen) atoms. The Kier molecular flexibility index (Phi) is 3.87. The Hall–Kier alpha value is -2.69. The van der Waals surface area contributed by atoms with Crippen LogP contribution in [0.4, 0.5) is 5.69 Å². The summed E-state index contributed by atoms with van der Waals surface area (Å²) in [5, 5.41) is 0.879. The van der Waals surface area contributed by atoms with Crippen molar-refractivity contribution in [2.75, 3.05) is 18.0 Å². The lowest BCUT2D eigenvalue weighted by Gasteiger charge is -2.21. The quantitative estimate of drug-likeness (QED) is 0.692. The van der Waals surface area contributed by atoms with Crippen molar-refractivity contribution in [1.29, 1.82) is 0 Å². The van der Waals surface area contributed by atoms with E-state index in [1.165, 1.54) is 6.33 Å². The fourth-order valence-corrected chi connectivity index (χ4v) is 2.51. The highest BCUT2D eigenvalue weighted by atomic mass is 16.4. The molecule has 112 valence electrons. The Labute approximate surface area is 128 Å². The van der Waals surface area contributed by atoms with Crippen LogP contribution in [0.1, 0.15) is 13.8 Å². The standard InChI is InChI=1S/C17H17N3O2/c1-3-20(4-2)13-6-5-12-9-14(15-7-8-18-11-19-15)17(21)22-16(12)10-13/h5-11H,3-4H2,1-2H3. The van der Waals surface area contributed by atoms with Gasteiger partial charge in [0.1, 0.15) is 11.9 Å². The number of aromatic nitrogens is 2. The van der Waals surface area contributed by atoms with Gasteiger partial charge in [0.15, 0.2) is 0 Å². The molecule has 0 fully saturated rings. The maximum atomic E-state index is 12.2.